The zero-order valence-electron chi connectivity index (χ0n) is 10.5. The molecule has 1 aromatic rings. The van der Waals surface area contributed by atoms with Gasteiger partial charge in [0, 0.05) is 13.1 Å². The molecule has 1 unspecified atom stereocenters. The number of anilines is 1. The lowest BCUT2D eigenvalue weighted by atomic mass is 10.1. The molecule has 2 rings (SSSR count). The van der Waals surface area contributed by atoms with Crippen molar-refractivity contribution in [2.75, 3.05) is 18.4 Å². The van der Waals surface area contributed by atoms with Gasteiger partial charge in [-0.1, -0.05) is 0 Å². The number of hydrogen-bond donors (Lipinski definition) is 2. The largest absolute Gasteiger partial charge is 0.481 e. The number of nitrogens with one attached hydrogen (secondary N) is 1. The maximum atomic E-state index is 13.0. The van der Waals surface area contributed by atoms with Crippen LogP contribution in [0.15, 0.2) is 18.2 Å². The summed E-state index contributed by atoms with van der Waals surface area (Å²) in [7, 11) is 0. The van der Waals surface area contributed by atoms with Crippen LogP contribution in [0.3, 0.4) is 0 Å². The van der Waals surface area contributed by atoms with Crippen molar-refractivity contribution in [1.29, 1.82) is 5.26 Å². The van der Waals surface area contributed by atoms with Crippen LogP contribution in [-0.2, 0) is 4.79 Å². The van der Waals surface area contributed by atoms with Gasteiger partial charge in [-0.15, -0.1) is 0 Å². The molecule has 0 radical (unpaired) electrons. The number of hydrogen-bond acceptors (Lipinski definition) is 3. The molecule has 1 fully saturated rings. The van der Waals surface area contributed by atoms with Gasteiger partial charge in [0.1, 0.15) is 11.9 Å². The third kappa shape index (κ3) is 2.85. The average Bonchev–Trinajstić information content (AvgIpc) is 2.90. The van der Waals surface area contributed by atoms with E-state index in [-0.39, 0.29) is 17.8 Å². The topological polar surface area (TPSA) is 93.4 Å². The highest BCUT2D eigenvalue weighted by atomic mass is 19.1. The molecule has 20 heavy (non-hydrogen) atoms. The molecule has 1 atom stereocenters. The van der Waals surface area contributed by atoms with Crippen LogP contribution < -0.4 is 5.32 Å². The molecule has 0 saturated carbocycles. The van der Waals surface area contributed by atoms with Crippen molar-refractivity contribution in [3.8, 4) is 6.07 Å². The van der Waals surface area contributed by atoms with E-state index in [1.165, 1.54) is 11.0 Å². The number of benzene rings is 1. The van der Waals surface area contributed by atoms with E-state index in [1.54, 1.807) is 6.07 Å². The number of rotatable bonds is 2. The van der Waals surface area contributed by atoms with Crippen LogP contribution in [0.4, 0.5) is 14.9 Å². The van der Waals surface area contributed by atoms with Gasteiger partial charge in [0.15, 0.2) is 0 Å². The van der Waals surface area contributed by atoms with Gasteiger partial charge in [0.05, 0.1) is 17.2 Å². The fourth-order valence-corrected chi connectivity index (χ4v) is 2.06. The van der Waals surface area contributed by atoms with Crippen LogP contribution in [-0.4, -0.2) is 35.1 Å². The summed E-state index contributed by atoms with van der Waals surface area (Å²) in [6, 6.07) is 4.77. The van der Waals surface area contributed by atoms with Gasteiger partial charge in [-0.2, -0.15) is 5.26 Å². The van der Waals surface area contributed by atoms with E-state index < -0.39 is 23.7 Å². The summed E-state index contributed by atoms with van der Waals surface area (Å²) < 4.78 is 13.0. The van der Waals surface area contributed by atoms with Gasteiger partial charge in [-0.25, -0.2) is 9.18 Å². The predicted molar refractivity (Wildman–Crippen MR) is 67.4 cm³/mol. The molecule has 0 aliphatic carbocycles. The first-order valence-corrected chi connectivity index (χ1v) is 5.99. The maximum absolute atomic E-state index is 13.0. The van der Waals surface area contributed by atoms with E-state index in [0.29, 0.717) is 13.0 Å². The number of urea groups is 1. The summed E-state index contributed by atoms with van der Waals surface area (Å²) in [5.41, 5.74) is 0.227. The van der Waals surface area contributed by atoms with Crippen LogP contribution >= 0.6 is 0 Å². The second-order valence-electron chi connectivity index (χ2n) is 4.50. The lowest BCUT2D eigenvalue weighted by Gasteiger charge is -2.17. The van der Waals surface area contributed by atoms with Gasteiger partial charge >= 0.3 is 12.0 Å². The van der Waals surface area contributed by atoms with E-state index >= 15 is 0 Å². The van der Waals surface area contributed by atoms with Crippen LogP contribution in [0, 0.1) is 23.1 Å². The van der Waals surface area contributed by atoms with E-state index in [0.717, 1.165) is 12.1 Å². The van der Waals surface area contributed by atoms with Crippen molar-refractivity contribution in [2.45, 2.75) is 6.42 Å². The molecule has 2 N–H and O–H groups in total. The molecular weight excluding hydrogens is 265 g/mol. The second kappa shape index (κ2) is 5.57. The minimum absolute atomic E-state index is 0.0207. The smallest absolute Gasteiger partial charge is 0.321 e. The summed E-state index contributed by atoms with van der Waals surface area (Å²) in [6.45, 7) is 0.468. The third-order valence-electron chi connectivity index (χ3n) is 3.17. The zero-order valence-corrected chi connectivity index (χ0v) is 10.5. The molecule has 1 aliphatic heterocycles. The summed E-state index contributed by atoms with van der Waals surface area (Å²) in [6.07, 6.45) is 0.400. The predicted octanol–water partition coefficient (Wildman–Crippen LogP) is 1.64. The normalized spacial score (nSPS) is 17.6. The van der Waals surface area contributed by atoms with Crippen molar-refractivity contribution in [1.82, 2.24) is 4.90 Å². The Balaban J connectivity index is 2.06. The van der Waals surface area contributed by atoms with Crippen molar-refractivity contribution >= 4 is 17.7 Å². The van der Waals surface area contributed by atoms with E-state index in [1.807, 2.05) is 0 Å². The molecular formula is C13H12FN3O3. The fourth-order valence-electron chi connectivity index (χ4n) is 2.06. The zero-order chi connectivity index (χ0) is 14.7. The van der Waals surface area contributed by atoms with Crippen LogP contribution in [0.2, 0.25) is 0 Å². The molecule has 2 amide bonds. The van der Waals surface area contributed by atoms with Crippen LogP contribution in [0.1, 0.15) is 12.0 Å². The monoisotopic (exact) mass is 277 g/mol. The van der Waals surface area contributed by atoms with Gasteiger partial charge in [-0.05, 0) is 24.6 Å². The van der Waals surface area contributed by atoms with E-state index in [9.17, 15) is 14.0 Å². The van der Waals surface area contributed by atoms with Crippen molar-refractivity contribution in [2.24, 2.45) is 5.92 Å². The third-order valence-corrected chi connectivity index (χ3v) is 3.17. The number of likely N-dealkylation sites (tertiary alicyclic amines) is 1. The molecule has 0 bridgehead atoms. The molecule has 7 heteroatoms. The Hall–Kier alpha value is -2.62. The quantitative estimate of drug-likeness (QED) is 0.859. The minimum Gasteiger partial charge on any atom is -0.481 e. The minimum atomic E-state index is -0.931. The van der Waals surface area contributed by atoms with Crippen molar-refractivity contribution in [3.63, 3.8) is 0 Å². The Bertz CT molecular complexity index is 597. The lowest BCUT2D eigenvalue weighted by molar-refractivity contribution is -0.141. The highest BCUT2D eigenvalue weighted by Crippen LogP contribution is 2.20. The summed E-state index contributed by atoms with van der Waals surface area (Å²) in [5, 5.41) is 20.2. The first-order valence-electron chi connectivity index (χ1n) is 5.99. The number of amides is 2. The highest BCUT2D eigenvalue weighted by Gasteiger charge is 2.31. The number of carbonyl (C=O) groups excluding carboxylic acids is 1. The first kappa shape index (κ1) is 13.8. The summed E-state index contributed by atoms with van der Waals surface area (Å²) >= 11 is 0. The molecule has 1 heterocycles. The molecule has 1 aromatic carbocycles. The molecule has 0 spiro atoms. The first-order chi connectivity index (χ1) is 9.51. The van der Waals surface area contributed by atoms with Gasteiger partial charge < -0.3 is 15.3 Å². The fraction of sp³-hybridized carbons (Fsp3) is 0.308. The number of carbonyl (C=O) groups is 2. The number of carboxylic acid groups (broad SMARTS) is 1. The molecule has 104 valence electrons. The molecule has 0 aromatic heterocycles. The second-order valence-corrected chi connectivity index (χ2v) is 4.50. The van der Waals surface area contributed by atoms with Crippen molar-refractivity contribution in [3.05, 3.63) is 29.6 Å². The summed E-state index contributed by atoms with van der Waals surface area (Å²) in [5.74, 6) is -2.06. The van der Waals surface area contributed by atoms with E-state index in [2.05, 4.69) is 5.32 Å². The van der Waals surface area contributed by atoms with Gasteiger partial charge in [-0.3, -0.25) is 4.79 Å². The van der Waals surface area contributed by atoms with E-state index in [4.69, 9.17) is 10.4 Å². The Morgan fingerprint density at radius 1 is 1.50 bits per heavy atom. The highest BCUT2D eigenvalue weighted by molar-refractivity contribution is 5.91. The number of carboxylic acids is 1. The average molecular weight is 277 g/mol. The number of nitrogens with zero attached hydrogens (tertiary/aromatic N) is 2. The van der Waals surface area contributed by atoms with Crippen LogP contribution in [0.25, 0.3) is 0 Å². The Morgan fingerprint density at radius 3 is 2.85 bits per heavy atom. The summed E-state index contributed by atoms with van der Waals surface area (Å²) in [4.78, 5) is 24.1. The van der Waals surface area contributed by atoms with Crippen LogP contribution in [0.5, 0.6) is 0 Å². The molecule has 1 saturated heterocycles. The molecule has 6 nitrogen and oxygen atoms in total. The van der Waals surface area contributed by atoms with Gasteiger partial charge in [0.25, 0.3) is 0 Å². The lowest BCUT2D eigenvalue weighted by Crippen LogP contribution is -2.34. The van der Waals surface area contributed by atoms with Crippen molar-refractivity contribution < 1.29 is 19.1 Å². The maximum Gasteiger partial charge on any atom is 0.321 e. The number of aliphatic carboxylic acids is 1. The standard InChI is InChI=1S/C13H12FN3O3/c14-10-1-2-11(9(5-10)6-15)16-13(20)17-4-3-8(7-17)12(18)19/h1-2,5,8H,3-4,7H2,(H,16,20)(H,18,19). The molecule has 1 aliphatic rings. The SMILES string of the molecule is N#Cc1cc(F)ccc1NC(=O)N1CCC(C(=O)O)C1. The number of nitriles is 1. The Kier molecular flexibility index (Phi) is 3.84. The number of halogens is 1. The Labute approximate surface area is 114 Å². The Morgan fingerprint density at radius 2 is 2.25 bits per heavy atom. The van der Waals surface area contributed by atoms with Gasteiger partial charge in [0.2, 0.25) is 0 Å².